The van der Waals surface area contributed by atoms with E-state index in [4.69, 9.17) is 10.2 Å². The first kappa shape index (κ1) is 12.0. The van der Waals surface area contributed by atoms with Gasteiger partial charge in [-0.2, -0.15) is 0 Å². The summed E-state index contributed by atoms with van der Waals surface area (Å²) in [5.74, 6) is 0.356. The van der Waals surface area contributed by atoms with Crippen LogP contribution >= 0.6 is 0 Å². The molecule has 84 valence electrons. The van der Waals surface area contributed by atoms with E-state index in [1.165, 1.54) is 19.3 Å². The minimum atomic E-state index is 0.266. The van der Waals surface area contributed by atoms with E-state index in [0.717, 1.165) is 19.5 Å². The summed E-state index contributed by atoms with van der Waals surface area (Å²) in [6, 6.07) is 0.544. The van der Waals surface area contributed by atoms with Gasteiger partial charge in [0.15, 0.2) is 0 Å². The molecular formula is C11H23NO2. The van der Waals surface area contributed by atoms with E-state index in [9.17, 15) is 0 Å². The molecule has 3 heteroatoms. The molecule has 3 nitrogen and oxygen atoms in total. The normalized spacial score (nSPS) is 26.4. The van der Waals surface area contributed by atoms with Gasteiger partial charge in [-0.15, -0.1) is 0 Å². The van der Waals surface area contributed by atoms with Gasteiger partial charge in [0, 0.05) is 25.8 Å². The van der Waals surface area contributed by atoms with Gasteiger partial charge in [-0.3, -0.25) is 4.90 Å². The van der Waals surface area contributed by atoms with Crippen molar-refractivity contribution in [3.8, 4) is 0 Å². The highest BCUT2D eigenvalue weighted by Gasteiger charge is 2.22. The molecule has 14 heavy (non-hydrogen) atoms. The van der Waals surface area contributed by atoms with Gasteiger partial charge in [0.1, 0.15) is 0 Å². The molecule has 1 heterocycles. The van der Waals surface area contributed by atoms with Crippen molar-refractivity contribution in [1.82, 2.24) is 4.90 Å². The van der Waals surface area contributed by atoms with E-state index < -0.39 is 0 Å². The zero-order valence-electron chi connectivity index (χ0n) is 9.15. The van der Waals surface area contributed by atoms with Crippen LogP contribution in [-0.2, 0) is 0 Å². The second-order valence-corrected chi connectivity index (χ2v) is 4.44. The van der Waals surface area contributed by atoms with E-state index in [1.807, 2.05) is 0 Å². The summed E-state index contributed by atoms with van der Waals surface area (Å²) in [6.45, 7) is 4.73. The van der Waals surface area contributed by atoms with Gasteiger partial charge in [-0.05, 0) is 31.7 Å². The standard InChI is InChI=1S/C11H23NO2/c1-10(9-14)8-12-6-3-2-4-11(12)5-7-13/h10-11,13-14H,2-9H2,1H3. The maximum atomic E-state index is 9.01. The van der Waals surface area contributed by atoms with Crippen LogP contribution in [-0.4, -0.2) is 47.5 Å². The summed E-state index contributed by atoms with van der Waals surface area (Å²) < 4.78 is 0. The molecule has 1 saturated heterocycles. The van der Waals surface area contributed by atoms with Crippen molar-refractivity contribution >= 4 is 0 Å². The van der Waals surface area contributed by atoms with Crippen LogP contribution in [0, 0.1) is 5.92 Å². The van der Waals surface area contributed by atoms with Crippen LogP contribution in [0.25, 0.3) is 0 Å². The fourth-order valence-electron chi connectivity index (χ4n) is 2.23. The van der Waals surface area contributed by atoms with Crippen LogP contribution in [0.4, 0.5) is 0 Å². The summed E-state index contributed by atoms with van der Waals surface area (Å²) in [5, 5.41) is 18.0. The molecule has 1 fully saturated rings. The molecule has 0 saturated carbocycles. The van der Waals surface area contributed by atoms with E-state index in [2.05, 4.69) is 11.8 Å². The Morgan fingerprint density at radius 1 is 1.36 bits per heavy atom. The Labute approximate surface area is 86.7 Å². The van der Waals surface area contributed by atoms with Crippen LogP contribution in [0.2, 0.25) is 0 Å². The van der Waals surface area contributed by atoms with Crippen molar-refractivity contribution < 1.29 is 10.2 Å². The van der Waals surface area contributed by atoms with E-state index in [1.54, 1.807) is 0 Å². The van der Waals surface area contributed by atoms with E-state index >= 15 is 0 Å². The largest absolute Gasteiger partial charge is 0.396 e. The van der Waals surface area contributed by atoms with Crippen LogP contribution < -0.4 is 0 Å². The van der Waals surface area contributed by atoms with Crippen molar-refractivity contribution in [3.63, 3.8) is 0 Å². The van der Waals surface area contributed by atoms with Gasteiger partial charge in [0.25, 0.3) is 0 Å². The Hall–Kier alpha value is -0.120. The van der Waals surface area contributed by atoms with Gasteiger partial charge in [0.2, 0.25) is 0 Å². The maximum Gasteiger partial charge on any atom is 0.0468 e. The van der Waals surface area contributed by atoms with Crippen molar-refractivity contribution in [1.29, 1.82) is 0 Å². The zero-order valence-corrected chi connectivity index (χ0v) is 9.15. The first-order chi connectivity index (χ1) is 6.77. The molecule has 2 N–H and O–H groups in total. The number of piperidine rings is 1. The molecule has 0 aromatic carbocycles. The highest BCUT2D eigenvalue weighted by atomic mass is 16.3. The molecule has 0 aromatic heterocycles. The van der Waals surface area contributed by atoms with Crippen molar-refractivity contribution in [2.75, 3.05) is 26.3 Å². The second kappa shape index (κ2) is 6.38. The fourth-order valence-corrected chi connectivity index (χ4v) is 2.23. The monoisotopic (exact) mass is 201 g/mol. The van der Waals surface area contributed by atoms with E-state index in [-0.39, 0.29) is 13.2 Å². The Bertz CT molecular complexity index is 150. The van der Waals surface area contributed by atoms with Crippen LogP contribution in [0.5, 0.6) is 0 Å². The lowest BCUT2D eigenvalue weighted by molar-refractivity contribution is 0.0891. The average Bonchev–Trinajstić information content (AvgIpc) is 2.21. The van der Waals surface area contributed by atoms with Crippen molar-refractivity contribution in [2.45, 2.75) is 38.6 Å². The Kier molecular flexibility index (Phi) is 5.45. The van der Waals surface area contributed by atoms with Gasteiger partial charge in [0.05, 0.1) is 0 Å². The summed E-state index contributed by atoms with van der Waals surface area (Å²) in [6.07, 6.45) is 4.64. The molecule has 0 amide bonds. The lowest BCUT2D eigenvalue weighted by atomic mass is 9.98. The molecule has 0 aromatic rings. The summed E-state index contributed by atoms with van der Waals surface area (Å²) in [7, 11) is 0. The highest BCUT2D eigenvalue weighted by molar-refractivity contribution is 4.77. The molecule has 2 unspecified atom stereocenters. The SMILES string of the molecule is CC(CO)CN1CCCCC1CCO. The zero-order chi connectivity index (χ0) is 10.4. The van der Waals surface area contributed by atoms with Crippen LogP contribution in [0.1, 0.15) is 32.6 Å². The average molecular weight is 201 g/mol. The maximum absolute atomic E-state index is 9.01. The fraction of sp³-hybridized carbons (Fsp3) is 1.00. The number of hydrogen-bond donors (Lipinski definition) is 2. The molecular weight excluding hydrogens is 178 g/mol. The third-order valence-corrected chi connectivity index (χ3v) is 3.07. The minimum Gasteiger partial charge on any atom is -0.396 e. The summed E-state index contributed by atoms with van der Waals surface area (Å²) >= 11 is 0. The third kappa shape index (κ3) is 3.56. The summed E-state index contributed by atoms with van der Waals surface area (Å²) in [5.41, 5.74) is 0. The number of nitrogens with zero attached hydrogens (tertiary/aromatic N) is 1. The van der Waals surface area contributed by atoms with Crippen LogP contribution in [0.3, 0.4) is 0 Å². The smallest absolute Gasteiger partial charge is 0.0468 e. The molecule has 0 radical (unpaired) electrons. The van der Waals surface area contributed by atoms with E-state index in [0.29, 0.717) is 12.0 Å². The predicted molar refractivity (Wildman–Crippen MR) is 57.2 cm³/mol. The Morgan fingerprint density at radius 3 is 2.79 bits per heavy atom. The Morgan fingerprint density at radius 2 is 2.14 bits per heavy atom. The molecule has 1 rings (SSSR count). The molecule has 1 aliphatic rings. The van der Waals surface area contributed by atoms with Crippen molar-refractivity contribution in [3.05, 3.63) is 0 Å². The van der Waals surface area contributed by atoms with Gasteiger partial charge >= 0.3 is 0 Å². The first-order valence-electron chi connectivity index (χ1n) is 5.73. The first-order valence-corrected chi connectivity index (χ1v) is 5.73. The molecule has 0 spiro atoms. The van der Waals surface area contributed by atoms with Gasteiger partial charge in [-0.1, -0.05) is 13.3 Å². The number of likely N-dealkylation sites (tertiary alicyclic amines) is 1. The minimum absolute atomic E-state index is 0.266. The van der Waals surface area contributed by atoms with Crippen molar-refractivity contribution in [2.24, 2.45) is 5.92 Å². The lowest BCUT2D eigenvalue weighted by Gasteiger charge is -2.36. The lowest BCUT2D eigenvalue weighted by Crippen LogP contribution is -2.42. The molecule has 2 atom stereocenters. The summed E-state index contributed by atoms with van der Waals surface area (Å²) in [4.78, 5) is 2.43. The van der Waals surface area contributed by atoms with Gasteiger partial charge < -0.3 is 10.2 Å². The second-order valence-electron chi connectivity index (χ2n) is 4.44. The van der Waals surface area contributed by atoms with Crippen LogP contribution in [0.15, 0.2) is 0 Å². The topological polar surface area (TPSA) is 43.7 Å². The number of aliphatic hydroxyl groups is 2. The molecule has 1 aliphatic heterocycles. The number of aliphatic hydroxyl groups excluding tert-OH is 2. The predicted octanol–water partition coefficient (Wildman–Crippen LogP) is 0.852. The Balaban J connectivity index is 2.37. The number of hydrogen-bond acceptors (Lipinski definition) is 3. The molecule has 0 aliphatic carbocycles. The quantitative estimate of drug-likeness (QED) is 0.693. The number of rotatable bonds is 5. The third-order valence-electron chi connectivity index (χ3n) is 3.07. The molecule has 0 bridgehead atoms. The highest BCUT2D eigenvalue weighted by Crippen LogP contribution is 2.20. The van der Waals surface area contributed by atoms with Gasteiger partial charge in [-0.25, -0.2) is 0 Å².